The average molecular weight is 339 g/mol. The molecule has 1 aromatic carbocycles. The van der Waals surface area contributed by atoms with E-state index in [1.54, 1.807) is 4.57 Å². The van der Waals surface area contributed by atoms with Gasteiger partial charge in [0.25, 0.3) is 0 Å². The lowest BCUT2D eigenvalue weighted by Crippen LogP contribution is -2.37. The lowest BCUT2D eigenvalue weighted by Gasteiger charge is -2.21. The Bertz CT molecular complexity index is 914. The topological polar surface area (TPSA) is 71.0 Å². The third kappa shape index (κ3) is 2.86. The highest BCUT2D eigenvalue weighted by Crippen LogP contribution is 2.41. The van der Waals surface area contributed by atoms with Crippen molar-refractivity contribution in [1.82, 2.24) is 20.2 Å². The summed E-state index contributed by atoms with van der Waals surface area (Å²) in [4.78, 5) is 17.2. The molecule has 2 saturated carbocycles. The zero-order valence-corrected chi connectivity index (χ0v) is 14.2. The molecule has 0 atom stereocenters. The predicted octanol–water partition coefficient (Wildman–Crippen LogP) is 2.29. The maximum absolute atomic E-state index is 12.8. The predicted molar refractivity (Wildman–Crippen MR) is 102 cm³/mol. The Morgan fingerprint density at radius 1 is 1.24 bits per heavy atom. The summed E-state index contributed by atoms with van der Waals surface area (Å²) in [5.74, 6) is 2.87. The van der Waals surface area contributed by atoms with Crippen LogP contribution in [0.5, 0.6) is 0 Å². The van der Waals surface area contributed by atoms with Crippen LogP contribution in [0.4, 0.5) is 5.82 Å². The van der Waals surface area contributed by atoms with Crippen LogP contribution < -0.4 is 21.6 Å². The minimum Gasteiger partial charge on any atom is -0.386 e. The molecule has 25 heavy (non-hydrogen) atoms. The molecule has 0 saturated heterocycles. The molecule has 3 aliphatic rings. The minimum atomic E-state index is -0.235. The molecule has 0 spiro atoms. The number of hydrogen-bond donors (Lipinski definition) is 3. The molecule has 0 unspecified atom stereocenters. The van der Waals surface area contributed by atoms with Crippen LogP contribution in [-0.2, 0) is 0 Å². The van der Waals surface area contributed by atoms with Crippen molar-refractivity contribution < 1.29 is 1.43 Å². The Morgan fingerprint density at radius 3 is 2.84 bits per heavy atom. The molecule has 5 rings (SSSR count). The van der Waals surface area contributed by atoms with Gasteiger partial charge in [-0.3, -0.25) is 0 Å². The van der Waals surface area contributed by atoms with Crippen LogP contribution in [0.15, 0.2) is 29.2 Å². The van der Waals surface area contributed by atoms with E-state index in [1.165, 1.54) is 31.2 Å². The Labute approximate surface area is 147 Å². The number of fused-ring (bicyclic) bond motifs is 1. The maximum Gasteiger partial charge on any atom is 0.355 e. The summed E-state index contributed by atoms with van der Waals surface area (Å²) in [6.07, 6.45) is 6.91. The van der Waals surface area contributed by atoms with E-state index in [1.807, 2.05) is 6.20 Å². The third-order valence-corrected chi connectivity index (χ3v) is 5.28. The van der Waals surface area contributed by atoms with Gasteiger partial charge in [0.2, 0.25) is 0 Å². The van der Waals surface area contributed by atoms with Crippen molar-refractivity contribution in [3.63, 3.8) is 0 Å². The summed E-state index contributed by atoms with van der Waals surface area (Å²) in [5.41, 5.74) is 2.02. The Balaban J connectivity index is 0.00000168. The molecule has 2 heterocycles. The van der Waals surface area contributed by atoms with E-state index in [0.29, 0.717) is 5.92 Å². The van der Waals surface area contributed by atoms with Crippen molar-refractivity contribution in [2.45, 2.75) is 31.6 Å². The molecule has 0 amide bonds. The van der Waals surface area contributed by atoms with Crippen LogP contribution in [0.1, 0.15) is 38.6 Å². The van der Waals surface area contributed by atoms with Gasteiger partial charge < -0.3 is 16.0 Å². The SMILES string of the molecule is O=c1nc(NCC2CC2)c2ccc(C3CC3)cc2n1C1=CNCCN1.[HH]. The van der Waals surface area contributed by atoms with Gasteiger partial charge >= 0.3 is 5.69 Å². The lowest BCUT2D eigenvalue weighted by atomic mass is 10.1. The standard InChI is InChI=1S/C19H23N5O.H2/c25-19-23-18(22-10-12-1-2-12)15-6-5-14(13-3-4-13)9-16(15)24(19)17-11-20-7-8-21-17;/h5-6,9,11-13,20-21H,1-4,7-8,10H2,(H,22,23,25);1H. The molecule has 3 N–H and O–H groups in total. The monoisotopic (exact) mass is 339 g/mol. The van der Waals surface area contributed by atoms with E-state index >= 15 is 0 Å². The van der Waals surface area contributed by atoms with Crippen molar-refractivity contribution in [3.8, 4) is 0 Å². The Kier molecular flexibility index (Phi) is 3.43. The first-order valence-electron chi connectivity index (χ1n) is 9.28. The number of rotatable bonds is 5. The van der Waals surface area contributed by atoms with Crippen LogP contribution in [-0.4, -0.2) is 29.2 Å². The Morgan fingerprint density at radius 2 is 2.12 bits per heavy atom. The van der Waals surface area contributed by atoms with E-state index < -0.39 is 0 Å². The highest BCUT2D eigenvalue weighted by molar-refractivity contribution is 5.91. The van der Waals surface area contributed by atoms with Gasteiger partial charge in [-0.2, -0.15) is 4.98 Å². The molecule has 6 heteroatoms. The molecule has 0 radical (unpaired) electrons. The van der Waals surface area contributed by atoms with Gasteiger partial charge in [0.1, 0.15) is 11.6 Å². The van der Waals surface area contributed by atoms with E-state index in [-0.39, 0.29) is 7.12 Å². The third-order valence-electron chi connectivity index (χ3n) is 5.28. The van der Waals surface area contributed by atoms with Gasteiger partial charge in [-0.25, -0.2) is 9.36 Å². The van der Waals surface area contributed by atoms with Crippen LogP contribution in [0.25, 0.3) is 16.7 Å². The van der Waals surface area contributed by atoms with Crippen molar-refractivity contribution in [1.29, 1.82) is 0 Å². The second kappa shape index (κ2) is 5.79. The highest BCUT2D eigenvalue weighted by atomic mass is 16.1. The van der Waals surface area contributed by atoms with Gasteiger partial charge in [0.15, 0.2) is 0 Å². The molecular weight excluding hydrogens is 314 g/mol. The molecule has 2 aromatic rings. The summed E-state index contributed by atoms with van der Waals surface area (Å²) in [6, 6.07) is 6.49. The van der Waals surface area contributed by atoms with Crippen molar-refractivity contribution >= 4 is 22.5 Å². The van der Waals surface area contributed by atoms with E-state index in [9.17, 15) is 4.79 Å². The lowest BCUT2D eigenvalue weighted by molar-refractivity contribution is 0.702. The zero-order chi connectivity index (χ0) is 16.8. The Hall–Kier alpha value is -2.50. The fourth-order valence-corrected chi connectivity index (χ4v) is 3.47. The minimum absolute atomic E-state index is 0. The summed E-state index contributed by atoms with van der Waals surface area (Å²) in [7, 11) is 0. The quantitative estimate of drug-likeness (QED) is 0.780. The molecule has 2 aliphatic carbocycles. The number of hydrogen-bond acceptors (Lipinski definition) is 5. The first kappa shape index (κ1) is 14.8. The summed E-state index contributed by atoms with van der Waals surface area (Å²) < 4.78 is 1.70. The number of aromatic nitrogens is 2. The second-order valence-electron chi connectivity index (χ2n) is 7.36. The van der Waals surface area contributed by atoms with Crippen molar-refractivity contribution in [3.05, 3.63) is 40.4 Å². The number of anilines is 1. The number of nitrogens with zero attached hydrogens (tertiary/aromatic N) is 2. The molecule has 2 fully saturated rings. The maximum atomic E-state index is 12.8. The fraction of sp³-hybridized carbons (Fsp3) is 0.474. The molecule has 1 aromatic heterocycles. The van der Waals surface area contributed by atoms with Gasteiger partial charge in [-0.15, -0.1) is 0 Å². The molecular formula is C19H25N5O. The molecule has 1 aliphatic heterocycles. The normalized spacial score (nSPS) is 19.9. The van der Waals surface area contributed by atoms with E-state index in [2.05, 4.69) is 39.1 Å². The van der Waals surface area contributed by atoms with Crippen LogP contribution >= 0.6 is 0 Å². The number of nitrogens with one attached hydrogen (secondary N) is 3. The first-order chi connectivity index (χ1) is 12.3. The van der Waals surface area contributed by atoms with Crippen LogP contribution in [0, 0.1) is 5.92 Å². The first-order valence-corrected chi connectivity index (χ1v) is 9.28. The van der Waals surface area contributed by atoms with E-state index in [4.69, 9.17) is 0 Å². The van der Waals surface area contributed by atoms with Crippen LogP contribution in [0.2, 0.25) is 0 Å². The molecule has 132 valence electrons. The smallest absolute Gasteiger partial charge is 0.355 e. The van der Waals surface area contributed by atoms with E-state index in [0.717, 1.165) is 48.1 Å². The largest absolute Gasteiger partial charge is 0.386 e. The summed E-state index contributed by atoms with van der Waals surface area (Å²) in [5, 5.41) is 10.9. The fourth-order valence-electron chi connectivity index (χ4n) is 3.47. The second-order valence-corrected chi connectivity index (χ2v) is 7.36. The van der Waals surface area contributed by atoms with Gasteiger partial charge in [0, 0.05) is 32.6 Å². The summed E-state index contributed by atoms with van der Waals surface area (Å²) in [6.45, 7) is 2.56. The van der Waals surface area contributed by atoms with Gasteiger partial charge in [-0.05, 0) is 55.2 Å². The molecule has 6 nitrogen and oxygen atoms in total. The van der Waals surface area contributed by atoms with Gasteiger partial charge in [0.05, 0.1) is 5.52 Å². The highest BCUT2D eigenvalue weighted by Gasteiger charge is 2.25. The van der Waals surface area contributed by atoms with Crippen molar-refractivity contribution in [2.24, 2.45) is 5.92 Å². The average Bonchev–Trinajstić information content (AvgIpc) is 3.54. The van der Waals surface area contributed by atoms with Crippen LogP contribution in [0.3, 0.4) is 0 Å². The zero-order valence-electron chi connectivity index (χ0n) is 14.2. The van der Waals surface area contributed by atoms with Gasteiger partial charge in [-0.1, -0.05) is 6.07 Å². The molecule has 0 bridgehead atoms. The summed E-state index contributed by atoms with van der Waals surface area (Å²) >= 11 is 0. The number of benzene rings is 1. The van der Waals surface area contributed by atoms with Crippen molar-refractivity contribution in [2.75, 3.05) is 25.0 Å².